The smallest absolute Gasteiger partial charge is 0.245 e. The van der Waals surface area contributed by atoms with Crippen LogP contribution in [0.5, 0.6) is 0 Å². The maximum absolute atomic E-state index is 11.6. The molecule has 0 saturated heterocycles. The van der Waals surface area contributed by atoms with Crippen LogP contribution in [0.15, 0.2) is 58.9 Å². The lowest BCUT2D eigenvalue weighted by Crippen LogP contribution is -2.21. The van der Waals surface area contributed by atoms with Crippen molar-refractivity contribution < 1.29 is 4.79 Å². The Kier molecular flexibility index (Phi) is 4.71. The molecule has 0 radical (unpaired) electrons. The van der Waals surface area contributed by atoms with Gasteiger partial charge >= 0.3 is 0 Å². The van der Waals surface area contributed by atoms with Gasteiger partial charge in [-0.1, -0.05) is 28.4 Å². The molecule has 0 saturated carbocycles. The largest absolute Gasteiger partial charge is 0.273 e. The molecule has 4 nitrogen and oxygen atoms in total. The van der Waals surface area contributed by atoms with Gasteiger partial charge in [0.25, 0.3) is 0 Å². The highest BCUT2D eigenvalue weighted by atomic mass is 35.5. The molecule has 2 aromatic carbocycles. The number of carbonyl (C=O) groups excluding carboxylic acids is 1. The summed E-state index contributed by atoms with van der Waals surface area (Å²) in [6.07, 6.45) is 0. The molecule has 102 valence electrons. The summed E-state index contributed by atoms with van der Waals surface area (Å²) >= 11 is 11.6. The molecular weight excluding hydrogens is 297 g/mol. The predicted octanol–water partition coefficient (Wildman–Crippen LogP) is 5.05. The van der Waals surface area contributed by atoms with Crippen molar-refractivity contribution in [1.29, 1.82) is 0 Å². The Morgan fingerprint density at radius 2 is 1.45 bits per heavy atom. The predicted molar refractivity (Wildman–Crippen MR) is 80.6 cm³/mol. The third-order valence-corrected chi connectivity index (χ3v) is 2.95. The Hall–Kier alpha value is -1.91. The molecule has 0 bridgehead atoms. The molecule has 0 aliphatic carbocycles. The third kappa shape index (κ3) is 3.79. The summed E-state index contributed by atoms with van der Waals surface area (Å²) in [4.78, 5) is 11.6. The minimum absolute atomic E-state index is 0.245. The minimum Gasteiger partial charge on any atom is -0.273 e. The summed E-state index contributed by atoms with van der Waals surface area (Å²) in [6.45, 7) is 1.41. The Bertz CT molecular complexity index is 624. The second-order valence-corrected chi connectivity index (χ2v) is 4.85. The Morgan fingerprint density at radius 3 is 1.95 bits per heavy atom. The van der Waals surface area contributed by atoms with Crippen molar-refractivity contribution in [3.63, 3.8) is 0 Å². The maximum Gasteiger partial charge on any atom is 0.245 e. The van der Waals surface area contributed by atoms with Crippen molar-refractivity contribution in [2.75, 3.05) is 5.01 Å². The van der Waals surface area contributed by atoms with E-state index in [-0.39, 0.29) is 5.91 Å². The van der Waals surface area contributed by atoms with E-state index in [0.717, 1.165) is 0 Å². The van der Waals surface area contributed by atoms with Gasteiger partial charge in [0.15, 0.2) is 0 Å². The van der Waals surface area contributed by atoms with Crippen molar-refractivity contribution in [3.05, 3.63) is 58.6 Å². The zero-order chi connectivity index (χ0) is 14.5. The standard InChI is InChI=1S/C14H11Cl2N3O/c1-10(20)19(14-8-4-12(16)5-9-14)18-17-13-6-2-11(15)3-7-13/h2-9H,1H3. The van der Waals surface area contributed by atoms with Gasteiger partial charge in [0.2, 0.25) is 5.91 Å². The maximum atomic E-state index is 11.6. The summed E-state index contributed by atoms with van der Waals surface area (Å²) in [5.74, 6) is -0.245. The Balaban J connectivity index is 2.23. The van der Waals surface area contributed by atoms with Crippen LogP contribution in [0.4, 0.5) is 11.4 Å². The van der Waals surface area contributed by atoms with Gasteiger partial charge in [-0.15, -0.1) is 5.11 Å². The van der Waals surface area contributed by atoms with E-state index in [1.807, 2.05) is 0 Å². The fraction of sp³-hybridized carbons (Fsp3) is 0.0714. The molecule has 0 spiro atoms. The Morgan fingerprint density at radius 1 is 0.950 bits per heavy atom. The number of rotatable bonds is 3. The van der Waals surface area contributed by atoms with E-state index in [4.69, 9.17) is 23.2 Å². The lowest BCUT2D eigenvalue weighted by atomic mass is 10.3. The van der Waals surface area contributed by atoms with E-state index < -0.39 is 0 Å². The zero-order valence-corrected chi connectivity index (χ0v) is 12.1. The number of hydrogen-bond donors (Lipinski definition) is 0. The fourth-order valence-corrected chi connectivity index (χ4v) is 1.73. The molecule has 0 heterocycles. The fourth-order valence-electron chi connectivity index (χ4n) is 1.48. The molecule has 1 amide bonds. The van der Waals surface area contributed by atoms with Gasteiger partial charge in [-0.2, -0.15) is 5.01 Å². The quantitative estimate of drug-likeness (QED) is 0.578. The number of halogens is 2. The molecule has 20 heavy (non-hydrogen) atoms. The first kappa shape index (κ1) is 14.5. The molecular formula is C14H11Cl2N3O. The number of carbonyl (C=O) groups is 1. The van der Waals surface area contributed by atoms with Crippen LogP contribution >= 0.6 is 23.2 Å². The van der Waals surface area contributed by atoms with E-state index in [0.29, 0.717) is 21.4 Å². The van der Waals surface area contributed by atoms with Gasteiger partial charge in [-0.05, 0) is 48.5 Å². The van der Waals surface area contributed by atoms with Crippen LogP contribution in [0.3, 0.4) is 0 Å². The van der Waals surface area contributed by atoms with Crippen molar-refractivity contribution >= 4 is 40.5 Å². The summed E-state index contributed by atoms with van der Waals surface area (Å²) in [5.41, 5.74) is 1.20. The van der Waals surface area contributed by atoms with Gasteiger partial charge in [0.05, 0.1) is 11.4 Å². The summed E-state index contributed by atoms with van der Waals surface area (Å²) in [7, 11) is 0. The summed E-state index contributed by atoms with van der Waals surface area (Å²) in [6, 6.07) is 13.6. The molecule has 2 aromatic rings. The average molecular weight is 308 g/mol. The SMILES string of the molecule is CC(=O)N(N=Nc1ccc(Cl)cc1)c1ccc(Cl)cc1. The van der Waals surface area contributed by atoms with Gasteiger partial charge < -0.3 is 0 Å². The highest BCUT2D eigenvalue weighted by Crippen LogP contribution is 2.21. The second-order valence-electron chi connectivity index (χ2n) is 3.97. The van der Waals surface area contributed by atoms with E-state index in [2.05, 4.69) is 10.3 Å². The molecule has 0 fully saturated rings. The van der Waals surface area contributed by atoms with Crippen LogP contribution < -0.4 is 5.01 Å². The lowest BCUT2D eigenvalue weighted by molar-refractivity contribution is -0.116. The van der Waals surface area contributed by atoms with Crippen LogP contribution in [0.25, 0.3) is 0 Å². The molecule has 0 aliphatic rings. The van der Waals surface area contributed by atoms with E-state index in [1.54, 1.807) is 48.5 Å². The van der Waals surface area contributed by atoms with Crippen molar-refractivity contribution in [3.8, 4) is 0 Å². The van der Waals surface area contributed by atoms with Crippen molar-refractivity contribution in [2.24, 2.45) is 10.3 Å². The highest BCUT2D eigenvalue weighted by Gasteiger charge is 2.10. The van der Waals surface area contributed by atoms with E-state index in [9.17, 15) is 4.79 Å². The molecule has 0 aromatic heterocycles. The molecule has 0 aliphatic heterocycles. The van der Waals surface area contributed by atoms with Crippen molar-refractivity contribution in [2.45, 2.75) is 6.92 Å². The second kappa shape index (κ2) is 6.50. The van der Waals surface area contributed by atoms with Crippen molar-refractivity contribution in [1.82, 2.24) is 0 Å². The summed E-state index contributed by atoms with van der Waals surface area (Å²) < 4.78 is 0. The van der Waals surface area contributed by atoms with Gasteiger partial charge in [0.1, 0.15) is 0 Å². The number of hydrogen-bond acceptors (Lipinski definition) is 3. The molecule has 6 heteroatoms. The zero-order valence-electron chi connectivity index (χ0n) is 10.6. The van der Waals surface area contributed by atoms with Crippen LogP contribution in [-0.2, 0) is 4.79 Å². The normalized spacial score (nSPS) is 10.8. The average Bonchev–Trinajstić information content (AvgIpc) is 2.43. The molecule has 0 unspecified atom stereocenters. The van der Waals surface area contributed by atoms with E-state index in [1.165, 1.54) is 11.9 Å². The summed E-state index contributed by atoms with van der Waals surface area (Å²) in [5, 5.41) is 10.4. The van der Waals surface area contributed by atoms with Gasteiger partial charge in [-0.25, -0.2) is 0 Å². The first-order valence-electron chi connectivity index (χ1n) is 5.80. The highest BCUT2D eigenvalue weighted by molar-refractivity contribution is 6.30. The number of benzene rings is 2. The van der Waals surface area contributed by atoms with E-state index >= 15 is 0 Å². The van der Waals surface area contributed by atoms with Gasteiger partial charge in [-0.3, -0.25) is 4.79 Å². The van der Waals surface area contributed by atoms with Crippen LogP contribution in [0, 0.1) is 0 Å². The monoisotopic (exact) mass is 307 g/mol. The Labute approximate surface area is 126 Å². The van der Waals surface area contributed by atoms with Crippen LogP contribution in [-0.4, -0.2) is 5.91 Å². The first-order valence-corrected chi connectivity index (χ1v) is 6.55. The topological polar surface area (TPSA) is 45.0 Å². The number of nitrogens with zero attached hydrogens (tertiary/aromatic N) is 3. The first-order chi connectivity index (χ1) is 9.56. The minimum atomic E-state index is -0.245. The third-order valence-electron chi connectivity index (χ3n) is 2.45. The number of amides is 1. The molecule has 0 N–H and O–H groups in total. The molecule has 2 rings (SSSR count). The van der Waals surface area contributed by atoms with Gasteiger partial charge in [0, 0.05) is 17.0 Å². The van der Waals surface area contributed by atoms with Crippen LogP contribution in [0.1, 0.15) is 6.92 Å². The van der Waals surface area contributed by atoms with Crippen LogP contribution in [0.2, 0.25) is 10.0 Å². The molecule has 0 atom stereocenters. The number of anilines is 1. The lowest BCUT2D eigenvalue weighted by Gasteiger charge is -2.13.